The third-order valence-electron chi connectivity index (χ3n) is 3.83. The van der Waals surface area contributed by atoms with Crippen molar-refractivity contribution in [3.63, 3.8) is 0 Å². The van der Waals surface area contributed by atoms with Crippen molar-refractivity contribution in [3.8, 4) is 0 Å². The molecule has 1 heterocycles. The second-order valence-corrected chi connectivity index (χ2v) is 5.34. The standard InChI is InChI=1S/C15H20FNO3/c16-14-3-1-13(2-4-14)11-15(19)5-7-17(8-6-15)9-10-20-12-18/h1-4,12,19H,5-11H2. The van der Waals surface area contributed by atoms with Crippen LogP contribution in [0.15, 0.2) is 24.3 Å². The molecule has 110 valence electrons. The van der Waals surface area contributed by atoms with Crippen LogP contribution in [0.3, 0.4) is 0 Å². The number of rotatable bonds is 6. The van der Waals surface area contributed by atoms with Crippen LogP contribution in [0.1, 0.15) is 18.4 Å². The molecular formula is C15H20FNO3. The molecule has 0 radical (unpaired) electrons. The van der Waals surface area contributed by atoms with Gasteiger partial charge in [0.15, 0.2) is 0 Å². The normalized spacial score (nSPS) is 18.7. The molecule has 0 spiro atoms. The van der Waals surface area contributed by atoms with Crippen molar-refractivity contribution in [2.24, 2.45) is 0 Å². The van der Waals surface area contributed by atoms with Gasteiger partial charge in [-0.15, -0.1) is 0 Å². The van der Waals surface area contributed by atoms with Gasteiger partial charge in [0.25, 0.3) is 6.47 Å². The van der Waals surface area contributed by atoms with Gasteiger partial charge in [-0.2, -0.15) is 0 Å². The predicted octanol–water partition coefficient (Wildman–Crippen LogP) is 1.37. The number of nitrogens with zero attached hydrogens (tertiary/aromatic N) is 1. The number of benzene rings is 1. The number of aliphatic hydroxyl groups is 1. The van der Waals surface area contributed by atoms with Crippen LogP contribution in [0.25, 0.3) is 0 Å². The number of halogens is 1. The van der Waals surface area contributed by atoms with Crippen molar-refractivity contribution < 1.29 is 19.0 Å². The highest BCUT2D eigenvalue weighted by atomic mass is 19.1. The number of hydrogen-bond acceptors (Lipinski definition) is 4. The van der Waals surface area contributed by atoms with E-state index in [0.717, 1.165) is 18.7 Å². The molecule has 1 aliphatic heterocycles. The number of likely N-dealkylation sites (tertiary alicyclic amines) is 1. The van der Waals surface area contributed by atoms with Crippen molar-refractivity contribution in [2.45, 2.75) is 24.9 Å². The lowest BCUT2D eigenvalue weighted by atomic mass is 9.85. The third kappa shape index (κ3) is 4.28. The predicted molar refractivity (Wildman–Crippen MR) is 72.7 cm³/mol. The first kappa shape index (κ1) is 14.9. The van der Waals surface area contributed by atoms with E-state index in [1.165, 1.54) is 12.1 Å². The zero-order valence-electron chi connectivity index (χ0n) is 11.4. The molecule has 1 fully saturated rings. The summed E-state index contributed by atoms with van der Waals surface area (Å²) in [5, 5.41) is 10.6. The second kappa shape index (κ2) is 6.81. The first-order chi connectivity index (χ1) is 9.61. The molecule has 0 bridgehead atoms. The molecule has 5 heteroatoms. The molecule has 1 saturated heterocycles. The van der Waals surface area contributed by atoms with E-state index < -0.39 is 5.60 Å². The summed E-state index contributed by atoms with van der Waals surface area (Å²) in [5.41, 5.74) is 0.228. The maximum absolute atomic E-state index is 12.9. The van der Waals surface area contributed by atoms with E-state index in [9.17, 15) is 14.3 Å². The molecule has 1 aromatic carbocycles. The second-order valence-electron chi connectivity index (χ2n) is 5.34. The highest BCUT2D eigenvalue weighted by Crippen LogP contribution is 2.26. The van der Waals surface area contributed by atoms with E-state index in [0.29, 0.717) is 38.9 Å². The minimum absolute atomic E-state index is 0.259. The van der Waals surface area contributed by atoms with Crippen LogP contribution >= 0.6 is 0 Å². The van der Waals surface area contributed by atoms with E-state index in [2.05, 4.69) is 9.64 Å². The third-order valence-corrected chi connectivity index (χ3v) is 3.83. The largest absolute Gasteiger partial charge is 0.467 e. The van der Waals surface area contributed by atoms with Crippen LogP contribution in [0.4, 0.5) is 4.39 Å². The number of piperidine rings is 1. The molecule has 0 aromatic heterocycles. The van der Waals surface area contributed by atoms with E-state index in [1.807, 2.05) is 0 Å². The van der Waals surface area contributed by atoms with Crippen molar-refractivity contribution in [1.82, 2.24) is 4.90 Å². The van der Waals surface area contributed by atoms with Gasteiger partial charge < -0.3 is 9.84 Å². The number of carbonyl (C=O) groups is 1. The zero-order chi connectivity index (χ0) is 14.4. The topological polar surface area (TPSA) is 49.8 Å². The molecule has 0 atom stereocenters. The summed E-state index contributed by atoms with van der Waals surface area (Å²) in [6.45, 7) is 3.10. The lowest BCUT2D eigenvalue weighted by Gasteiger charge is -2.38. The maximum Gasteiger partial charge on any atom is 0.293 e. The van der Waals surface area contributed by atoms with E-state index in [1.54, 1.807) is 12.1 Å². The molecule has 0 aliphatic carbocycles. The Bertz CT molecular complexity index is 427. The summed E-state index contributed by atoms with van der Waals surface area (Å²) in [4.78, 5) is 12.2. The average molecular weight is 281 g/mol. The highest BCUT2D eigenvalue weighted by Gasteiger charge is 2.32. The Kier molecular flexibility index (Phi) is 5.09. The van der Waals surface area contributed by atoms with Gasteiger partial charge in [0, 0.05) is 26.1 Å². The average Bonchev–Trinajstić information content (AvgIpc) is 2.44. The Morgan fingerprint density at radius 1 is 1.30 bits per heavy atom. The SMILES string of the molecule is O=COCCN1CCC(O)(Cc2ccc(F)cc2)CC1. The summed E-state index contributed by atoms with van der Waals surface area (Å²) in [7, 11) is 0. The molecule has 20 heavy (non-hydrogen) atoms. The molecule has 1 aliphatic rings. The Hall–Kier alpha value is -1.46. The van der Waals surface area contributed by atoms with Gasteiger partial charge in [-0.1, -0.05) is 12.1 Å². The van der Waals surface area contributed by atoms with Gasteiger partial charge in [0.1, 0.15) is 12.4 Å². The quantitative estimate of drug-likeness (QED) is 0.632. The van der Waals surface area contributed by atoms with Crippen LogP contribution < -0.4 is 0 Å². The Morgan fingerprint density at radius 2 is 1.95 bits per heavy atom. The number of ether oxygens (including phenoxy) is 1. The lowest BCUT2D eigenvalue weighted by molar-refractivity contribution is -0.129. The van der Waals surface area contributed by atoms with Crippen LogP contribution in [0.5, 0.6) is 0 Å². The number of carbonyl (C=O) groups excluding carboxylic acids is 1. The van der Waals surface area contributed by atoms with Crippen molar-refractivity contribution in [2.75, 3.05) is 26.2 Å². The summed E-state index contributed by atoms with van der Waals surface area (Å²) in [6.07, 6.45) is 1.89. The minimum Gasteiger partial charge on any atom is -0.467 e. The molecule has 2 rings (SSSR count). The van der Waals surface area contributed by atoms with Gasteiger partial charge in [-0.05, 0) is 30.5 Å². The molecule has 1 aromatic rings. The monoisotopic (exact) mass is 281 g/mol. The van der Waals surface area contributed by atoms with Gasteiger partial charge in [0.05, 0.1) is 5.60 Å². The Labute approximate surface area is 118 Å². The van der Waals surface area contributed by atoms with Gasteiger partial charge >= 0.3 is 0 Å². The maximum atomic E-state index is 12.9. The van der Waals surface area contributed by atoms with Crippen molar-refractivity contribution >= 4 is 6.47 Å². The van der Waals surface area contributed by atoms with Gasteiger partial charge in [-0.25, -0.2) is 4.39 Å². The fraction of sp³-hybridized carbons (Fsp3) is 0.533. The lowest BCUT2D eigenvalue weighted by Crippen LogP contribution is -2.46. The molecular weight excluding hydrogens is 261 g/mol. The van der Waals surface area contributed by atoms with E-state index >= 15 is 0 Å². The molecule has 0 saturated carbocycles. The van der Waals surface area contributed by atoms with Crippen molar-refractivity contribution in [1.29, 1.82) is 0 Å². The Balaban J connectivity index is 1.81. The first-order valence-corrected chi connectivity index (χ1v) is 6.86. The van der Waals surface area contributed by atoms with Gasteiger partial charge in [0.2, 0.25) is 0 Å². The molecule has 0 amide bonds. The van der Waals surface area contributed by atoms with Crippen LogP contribution in [0.2, 0.25) is 0 Å². The summed E-state index contributed by atoms with van der Waals surface area (Å²) >= 11 is 0. The fourth-order valence-corrected chi connectivity index (χ4v) is 2.58. The van der Waals surface area contributed by atoms with Crippen LogP contribution in [-0.4, -0.2) is 48.3 Å². The van der Waals surface area contributed by atoms with Crippen LogP contribution in [-0.2, 0) is 16.0 Å². The minimum atomic E-state index is -0.722. The van der Waals surface area contributed by atoms with Gasteiger partial charge in [-0.3, -0.25) is 9.69 Å². The summed E-state index contributed by atoms with van der Waals surface area (Å²) < 4.78 is 17.5. The fourth-order valence-electron chi connectivity index (χ4n) is 2.58. The zero-order valence-corrected chi connectivity index (χ0v) is 11.4. The highest BCUT2D eigenvalue weighted by molar-refractivity contribution is 5.36. The molecule has 1 N–H and O–H groups in total. The number of hydrogen-bond donors (Lipinski definition) is 1. The first-order valence-electron chi connectivity index (χ1n) is 6.86. The van der Waals surface area contributed by atoms with Crippen LogP contribution in [0, 0.1) is 5.82 Å². The smallest absolute Gasteiger partial charge is 0.293 e. The van der Waals surface area contributed by atoms with Crippen molar-refractivity contribution in [3.05, 3.63) is 35.6 Å². The molecule has 0 unspecified atom stereocenters. The summed E-state index contributed by atoms with van der Waals surface area (Å²) in [6, 6.07) is 6.28. The molecule has 4 nitrogen and oxygen atoms in total. The van der Waals surface area contributed by atoms with E-state index in [-0.39, 0.29) is 5.82 Å². The summed E-state index contributed by atoms with van der Waals surface area (Å²) in [5.74, 6) is -0.259. The Morgan fingerprint density at radius 3 is 2.55 bits per heavy atom. The van der Waals surface area contributed by atoms with E-state index in [4.69, 9.17) is 0 Å².